The van der Waals surface area contributed by atoms with E-state index in [1.54, 1.807) is 4.68 Å². The molecule has 0 unspecified atom stereocenters. The summed E-state index contributed by atoms with van der Waals surface area (Å²) in [7, 11) is 1.91. The molecule has 2 aromatic carbocycles. The van der Waals surface area contributed by atoms with Crippen molar-refractivity contribution >= 4 is 47.4 Å². The van der Waals surface area contributed by atoms with Crippen LogP contribution in [0.2, 0.25) is 0 Å². The first-order valence-corrected chi connectivity index (χ1v) is 11.4. The Morgan fingerprint density at radius 2 is 1.94 bits per heavy atom. The number of hydrogen-bond acceptors (Lipinski definition) is 5. The van der Waals surface area contributed by atoms with E-state index in [1.165, 1.54) is 4.90 Å². The number of anilines is 1. The summed E-state index contributed by atoms with van der Waals surface area (Å²) in [5, 5.41) is 11.0. The zero-order valence-electron chi connectivity index (χ0n) is 18.0. The van der Waals surface area contributed by atoms with Gasteiger partial charge in [0.25, 0.3) is 0 Å². The van der Waals surface area contributed by atoms with Crippen molar-refractivity contribution in [2.24, 2.45) is 12.0 Å². The molecule has 0 bridgehead atoms. The van der Waals surface area contributed by atoms with E-state index in [0.29, 0.717) is 25.7 Å². The summed E-state index contributed by atoms with van der Waals surface area (Å²) < 4.78 is 13.3. The minimum atomic E-state index is 0. The molecule has 4 rings (SSSR count). The summed E-state index contributed by atoms with van der Waals surface area (Å²) in [4.78, 5) is 6.00. The van der Waals surface area contributed by atoms with Gasteiger partial charge in [0.2, 0.25) is 0 Å². The van der Waals surface area contributed by atoms with Crippen molar-refractivity contribution in [2.75, 3.05) is 30.8 Å². The molecule has 3 aromatic rings. The number of guanidine groups is 1. The normalized spacial score (nSPS) is 13.1. The minimum absolute atomic E-state index is 0. The summed E-state index contributed by atoms with van der Waals surface area (Å²) in [6.45, 7) is 2.66. The molecule has 2 heterocycles. The van der Waals surface area contributed by atoms with Crippen LogP contribution in [0.5, 0.6) is 11.5 Å². The van der Waals surface area contributed by atoms with Crippen molar-refractivity contribution in [1.82, 2.24) is 15.1 Å². The molecule has 0 saturated carbocycles. The number of aryl methyl sites for hydroxylation is 1. The lowest BCUT2D eigenvalue weighted by atomic mass is 10.2. The highest BCUT2D eigenvalue weighted by molar-refractivity contribution is 14.0. The van der Waals surface area contributed by atoms with Crippen LogP contribution in [0.3, 0.4) is 0 Å². The maximum Gasteiger partial charge on any atom is 0.196 e. The van der Waals surface area contributed by atoms with Gasteiger partial charge >= 0.3 is 0 Å². The number of nitrogens with one attached hydrogen (secondary N) is 2. The Labute approximate surface area is 210 Å². The fourth-order valence-corrected chi connectivity index (χ4v) is 3.89. The number of benzene rings is 2. The van der Waals surface area contributed by atoms with E-state index in [4.69, 9.17) is 14.5 Å². The molecule has 9 heteroatoms. The predicted octanol–water partition coefficient (Wildman–Crippen LogP) is 4.55. The van der Waals surface area contributed by atoms with E-state index in [-0.39, 0.29) is 24.0 Å². The molecule has 0 aliphatic carbocycles. The minimum Gasteiger partial charge on any atom is -0.490 e. The van der Waals surface area contributed by atoms with Crippen LogP contribution >= 0.6 is 35.7 Å². The fourth-order valence-electron chi connectivity index (χ4n) is 3.10. The van der Waals surface area contributed by atoms with Crippen LogP contribution < -0.4 is 20.1 Å². The second kappa shape index (κ2) is 12.6. The number of nitrogens with zero attached hydrogens (tertiary/aromatic N) is 3. The molecule has 0 atom stereocenters. The SMILES string of the molecule is Cn1cc(CN=C(NCCSc2ccccc2)Nc2ccc3c(c2)OCCCO3)cn1.I. The number of aromatic nitrogens is 2. The van der Waals surface area contributed by atoms with Crippen molar-refractivity contribution in [3.05, 3.63) is 66.5 Å². The molecule has 1 aliphatic heterocycles. The predicted molar refractivity (Wildman–Crippen MR) is 141 cm³/mol. The fraction of sp³-hybridized carbons (Fsp3) is 0.304. The Kier molecular flexibility index (Phi) is 9.54. The maximum atomic E-state index is 5.81. The molecule has 0 fully saturated rings. The van der Waals surface area contributed by atoms with Gasteiger partial charge in [0, 0.05) is 54.2 Å². The van der Waals surface area contributed by atoms with Crippen molar-refractivity contribution in [1.29, 1.82) is 0 Å². The molecular weight excluding hydrogens is 537 g/mol. The van der Waals surface area contributed by atoms with E-state index in [1.807, 2.05) is 55.5 Å². The van der Waals surface area contributed by atoms with Crippen LogP contribution in [0.1, 0.15) is 12.0 Å². The quantitative estimate of drug-likeness (QED) is 0.144. The largest absolute Gasteiger partial charge is 0.490 e. The third-order valence-corrected chi connectivity index (χ3v) is 5.61. The van der Waals surface area contributed by atoms with Gasteiger partial charge in [-0.05, 0) is 24.3 Å². The van der Waals surface area contributed by atoms with Crippen LogP contribution in [0.15, 0.2) is 70.8 Å². The van der Waals surface area contributed by atoms with Crippen LogP contribution in [-0.4, -0.2) is 41.3 Å². The summed E-state index contributed by atoms with van der Waals surface area (Å²) in [6, 6.07) is 16.3. The van der Waals surface area contributed by atoms with Gasteiger partial charge < -0.3 is 20.1 Å². The Morgan fingerprint density at radius 1 is 1.12 bits per heavy atom. The number of rotatable bonds is 7. The standard InChI is InChI=1S/C23H27N5O2S.HI/c1-28-17-18(16-26-28)15-25-23(24-10-13-31-20-6-3-2-4-7-20)27-19-8-9-21-22(14-19)30-12-5-11-29-21;/h2-4,6-9,14,16-17H,5,10-13,15H2,1H3,(H2,24,25,27);1H. The third-order valence-electron chi connectivity index (χ3n) is 4.59. The topological polar surface area (TPSA) is 72.7 Å². The van der Waals surface area contributed by atoms with Gasteiger partial charge in [0.05, 0.1) is 26.0 Å². The zero-order chi connectivity index (χ0) is 21.3. The molecule has 7 nitrogen and oxygen atoms in total. The van der Waals surface area contributed by atoms with Gasteiger partial charge in [-0.25, -0.2) is 4.99 Å². The highest BCUT2D eigenvalue weighted by Crippen LogP contribution is 2.32. The van der Waals surface area contributed by atoms with Gasteiger partial charge in [-0.3, -0.25) is 4.68 Å². The Bertz CT molecular complexity index is 1010. The molecule has 0 spiro atoms. The van der Waals surface area contributed by atoms with Crippen molar-refractivity contribution < 1.29 is 9.47 Å². The maximum absolute atomic E-state index is 5.81. The van der Waals surface area contributed by atoms with Crippen LogP contribution in [0.25, 0.3) is 0 Å². The molecule has 0 radical (unpaired) electrons. The molecule has 2 N–H and O–H groups in total. The number of halogens is 1. The zero-order valence-corrected chi connectivity index (χ0v) is 21.1. The Hall–Kier alpha value is -2.40. The number of hydrogen-bond donors (Lipinski definition) is 2. The number of aliphatic imine (C=N–C) groups is 1. The first kappa shape index (κ1) is 24.2. The molecule has 32 heavy (non-hydrogen) atoms. The van der Waals surface area contributed by atoms with Crippen LogP contribution in [0, 0.1) is 0 Å². The number of thioether (sulfide) groups is 1. The average Bonchev–Trinajstić information content (AvgIpc) is 3.07. The second-order valence-electron chi connectivity index (χ2n) is 7.11. The van der Waals surface area contributed by atoms with E-state index >= 15 is 0 Å². The van der Waals surface area contributed by atoms with Gasteiger partial charge in [0.15, 0.2) is 17.5 Å². The first-order chi connectivity index (χ1) is 15.3. The molecule has 1 aromatic heterocycles. The van der Waals surface area contributed by atoms with Gasteiger partial charge in [-0.15, -0.1) is 35.7 Å². The first-order valence-electron chi connectivity index (χ1n) is 10.4. The van der Waals surface area contributed by atoms with Crippen molar-refractivity contribution in [3.63, 3.8) is 0 Å². The van der Waals surface area contributed by atoms with Gasteiger partial charge in [-0.2, -0.15) is 5.10 Å². The summed E-state index contributed by atoms with van der Waals surface area (Å²) in [6.07, 6.45) is 4.69. The van der Waals surface area contributed by atoms with E-state index in [9.17, 15) is 0 Å². The van der Waals surface area contributed by atoms with Gasteiger partial charge in [0.1, 0.15) is 0 Å². The van der Waals surface area contributed by atoms with Crippen LogP contribution in [-0.2, 0) is 13.6 Å². The lowest BCUT2D eigenvalue weighted by Gasteiger charge is -2.14. The van der Waals surface area contributed by atoms with Crippen LogP contribution in [0.4, 0.5) is 5.69 Å². The lowest BCUT2D eigenvalue weighted by Crippen LogP contribution is -2.32. The summed E-state index contributed by atoms with van der Waals surface area (Å²) >= 11 is 1.81. The highest BCUT2D eigenvalue weighted by Gasteiger charge is 2.11. The monoisotopic (exact) mass is 565 g/mol. The summed E-state index contributed by atoms with van der Waals surface area (Å²) in [5.74, 6) is 3.18. The summed E-state index contributed by atoms with van der Waals surface area (Å²) in [5.41, 5.74) is 1.96. The molecule has 0 saturated heterocycles. The Morgan fingerprint density at radius 3 is 2.72 bits per heavy atom. The van der Waals surface area contributed by atoms with Crippen molar-refractivity contribution in [3.8, 4) is 11.5 Å². The average molecular weight is 565 g/mol. The highest BCUT2D eigenvalue weighted by atomic mass is 127. The molecule has 1 aliphatic rings. The van der Waals surface area contributed by atoms with E-state index in [0.717, 1.165) is 41.5 Å². The van der Waals surface area contributed by atoms with E-state index < -0.39 is 0 Å². The smallest absolute Gasteiger partial charge is 0.196 e. The second-order valence-corrected chi connectivity index (χ2v) is 8.28. The van der Waals surface area contributed by atoms with Gasteiger partial charge in [-0.1, -0.05) is 18.2 Å². The number of fused-ring (bicyclic) bond motifs is 1. The molecule has 0 amide bonds. The molecule has 170 valence electrons. The Balaban J connectivity index is 0.00000289. The third kappa shape index (κ3) is 7.33. The van der Waals surface area contributed by atoms with E-state index in [2.05, 4.69) is 40.0 Å². The molecular formula is C23H28IN5O2S. The van der Waals surface area contributed by atoms with Crippen molar-refractivity contribution in [2.45, 2.75) is 17.9 Å². The lowest BCUT2D eigenvalue weighted by molar-refractivity contribution is 0.297. The number of ether oxygens (including phenoxy) is 2.